The first-order chi connectivity index (χ1) is 16.6. The van der Waals surface area contributed by atoms with Gasteiger partial charge < -0.3 is 20.7 Å². The summed E-state index contributed by atoms with van der Waals surface area (Å²) in [7, 11) is 0. The van der Waals surface area contributed by atoms with Crippen molar-refractivity contribution in [2.24, 2.45) is 0 Å². The second-order valence-corrected chi connectivity index (χ2v) is 8.89. The Morgan fingerprint density at radius 2 is 1.88 bits per heavy atom. The number of benzene rings is 2. The predicted octanol–water partition coefficient (Wildman–Crippen LogP) is 4.48. The van der Waals surface area contributed by atoms with E-state index in [1.165, 1.54) is 0 Å². The zero-order valence-corrected chi connectivity index (χ0v) is 19.5. The highest BCUT2D eigenvalue weighted by Gasteiger charge is 2.30. The highest BCUT2D eigenvalue weighted by molar-refractivity contribution is 6.32. The molecule has 1 saturated heterocycles. The molecule has 34 heavy (non-hydrogen) atoms. The summed E-state index contributed by atoms with van der Waals surface area (Å²) in [6.45, 7) is 2.69. The summed E-state index contributed by atoms with van der Waals surface area (Å²) in [6, 6.07) is 15.4. The van der Waals surface area contributed by atoms with Crippen LogP contribution < -0.4 is 20.7 Å². The molecular formula is C25H27ClN6O2. The smallest absolute Gasteiger partial charge is 0.237 e. The Bertz CT molecular complexity index is 1160. The van der Waals surface area contributed by atoms with Gasteiger partial charge in [0.2, 0.25) is 11.9 Å². The summed E-state index contributed by atoms with van der Waals surface area (Å²) in [5.74, 6) is 1.83. The third-order valence-corrected chi connectivity index (χ3v) is 6.30. The minimum atomic E-state index is -0.0952. The molecule has 0 saturated carbocycles. The van der Waals surface area contributed by atoms with Gasteiger partial charge in [0.05, 0.1) is 17.7 Å². The summed E-state index contributed by atoms with van der Waals surface area (Å²) < 4.78 is 5.82. The van der Waals surface area contributed by atoms with Crippen LogP contribution in [-0.2, 0) is 11.3 Å². The van der Waals surface area contributed by atoms with Gasteiger partial charge in [-0.1, -0.05) is 23.7 Å². The Balaban J connectivity index is 1.39. The van der Waals surface area contributed by atoms with Gasteiger partial charge in [-0.15, -0.1) is 0 Å². The molecule has 1 aromatic heterocycles. The number of aromatic nitrogens is 2. The van der Waals surface area contributed by atoms with Crippen LogP contribution in [0.15, 0.2) is 54.7 Å². The highest BCUT2D eigenvalue weighted by Crippen LogP contribution is 2.29. The second-order valence-electron chi connectivity index (χ2n) is 8.48. The van der Waals surface area contributed by atoms with Crippen molar-refractivity contribution >= 4 is 40.6 Å². The van der Waals surface area contributed by atoms with Gasteiger partial charge in [0.15, 0.2) is 0 Å². The molecule has 6 bridgehead atoms. The average Bonchev–Trinajstić information content (AvgIpc) is 3.29. The largest absolute Gasteiger partial charge is 0.492 e. The molecule has 0 spiro atoms. The lowest BCUT2D eigenvalue weighted by atomic mass is 10.1. The van der Waals surface area contributed by atoms with Crippen LogP contribution >= 0.6 is 11.6 Å². The zero-order chi connectivity index (χ0) is 23.3. The van der Waals surface area contributed by atoms with Gasteiger partial charge in [-0.25, -0.2) is 4.98 Å². The molecule has 8 rings (SSSR count). The van der Waals surface area contributed by atoms with Crippen LogP contribution in [0.1, 0.15) is 24.8 Å². The fourth-order valence-corrected chi connectivity index (χ4v) is 4.52. The normalized spacial score (nSPS) is 19.1. The van der Waals surface area contributed by atoms with Crippen LogP contribution in [0.5, 0.6) is 5.75 Å². The van der Waals surface area contributed by atoms with Crippen molar-refractivity contribution < 1.29 is 9.53 Å². The van der Waals surface area contributed by atoms with Crippen molar-refractivity contribution in [3.05, 3.63) is 65.3 Å². The highest BCUT2D eigenvalue weighted by atomic mass is 35.5. The fourth-order valence-electron chi connectivity index (χ4n) is 4.29. The van der Waals surface area contributed by atoms with E-state index in [0.29, 0.717) is 42.1 Å². The molecule has 8 nitrogen and oxygen atoms in total. The molecule has 1 atom stereocenters. The average molecular weight is 479 g/mol. The minimum absolute atomic E-state index is 0.0865. The van der Waals surface area contributed by atoms with Crippen molar-refractivity contribution in [1.29, 1.82) is 0 Å². The fraction of sp³-hybridized carbons (Fsp3) is 0.320. The number of halogens is 1. The van der Waals surface area contributed by atoms with Crippen LogP contribution in [0.3, 0.4) is 0 Å². The van der Waals surface area contributed by atoms with Gasteiger partial charge in [-0.05, 0) is 67.8 Å². The predicted molar refractivity (Wildman–Crippen MR) is 133 cm³/mol. The van der Waals surface area contributed by atoms with E-state index in [2.05, 4.69) is 43.0 Å². The maximum absolute atomic E-state index is 12.8. The van der Waals surface area contributed by atoms with Gasteiger partial charge in [-0.3, -0.25) is 9.69 Å². The summed E-state index contributed by atoms with van der Waals surface area (Å²) in [6.07, 6.45) is 4.30. The van der Waals surface area contributed by atoms with Crippen molar-refractivity contribution in [2.75, 3.05) is 30.3 Å². The molecule has 0 aliphatic carbocycles. The Morgan fingerprint density at radius 1 is 1.03 bits per heavy atom. The van der Waals surface area contributed by atoms with E-state index in [1.54, 1.807) is 18.3 Å². The third-order valence-electron chi connectivity index (χ3n) is 6.00. The number of amides is 1. The number of ether oxygens (including phenoxy) is 1. The third kappa shape index (κ3) is 5.40. The Morgan fingerprint density at radius 3 is 2.74 bits per heavy atom. The first kappa shape index (κ1) is 22.4. The number of carbonyl (C=O) groups is 1. The van der Waals surface area contributed by atoms with E-state index in [9.17, 15) is 4.79 Å². The van der Waals surface area contributed by atoms with Crippen LogP contribution in [0, 0.1) is 0 Å². The summed E-state index contributed by atoms with van der Waals surface area (Å²) in [4.78, 5) is 23.9. The first-order valence-electron chi connectivity index (χ1n) is 11.5. The Hall–Kier alpha value is -3.36. The lowest BCUT2D eigenvalue weighted by Gasteiger charge is -2.24. The van der Waals surface area contributed by atoms with E-state index in [1.807, 2.05) is 24.3 Å². The topological polar surface area (TPSA) is 91.4 Å². The molecule has 5 aliphatic rings. The summed E-state index contributed by atoms with van der Waals surface area (Å²) >= 11 is 6.42. The number of nitrogens with zero attached hydrogens (tertiary/aromatic N) is 3. The van der Waals surface area contributed by atoms with Crippen molar-refractivity contribution in [3.8, 4) is 5.75 Å². The lowest BCUT2D eigenvalue weighted by molar-refractivity contribution is -0.125. The van der Waals surface area contributed by atoms with Gasteiger partial charge in [-0.2, -0.15) is 4.98 Å². The number of carbonyl (C=O) groups excluding carboxylic acids is 1. The molecule has 0 radical (unpaired) electrons. The van der Waals surface area contributed by atoms with Crippen molar-refractivity contribution in [3.63, 3.8) is 0 Å². The standard InChI is InChI=1S/C25H27ClN6O2/c26-20-15-19-8-9-22(20)34-14-2-11-27-24(33)21-3-1-13-32(21)16-17-4-6-18(7-5-17)30-25-28-12-10-23(29-19)31-25/h4-10,12,15,21H,1-3,11,13-14,16H2,(H,27,33)(H2,28,29,30,31). The van der Waals surface area contributed by atoms with E-state index >= 15 is 0 Å². The molecule has 1 unspecified atom stereocenters. The zero-order valence-electron chi connectivity index (χ0n) is 18.8. The van der Waals surface area contributed by atoms with E-state index in [0.717, 1.165) is 42.9 Å². The van der Waals surface area contributed by atoms with Crippen LogP contribution in [0.25, 0.3) is 0 Å². The van der Waals surface area contributed by atoms with Crippen molar-refractivity contribution in [2.45, 2.75) is 31.8 Å². The number of hydrogen-bond acceptors (Lipinski definition) is 7. The quantitative estimate of drug-likeness (QED) is 0.438. The molecular weight excluding hydrogens is 452 g/mol. The summed E-state index contributed by atoms with van der Waals surface area (Å²) in [5, 5.41) is 10.1. The molecule has 3 aromatic rings. The van der Waals surface area contributed by atoms with E-state index < -0.39 is 0 Å². The maximum atomic E-state index is 12.8. The molecule has 6 heterocycles. The van der Waals surface area contributed by atoms with Gasteiger partial charge in [0, 0.05) is 30.7 Å². The van der Waals surface area contributed by atoms with E-state index in [-0.39, 0.29) is 11.9 Å². The van der Waals surface area contributed by atoms with Gasteiger partial charge in [0.1, 0.15) is 11.6 Å². The molecule has 1 amide bonds. The molecule has 2 aromatic carbocycles. The molecule has 1 fully saturated rings. The number of rotatable bonds is 0. The van der Waals surface area contributed by atoms with Crippen LogP contribution in [-0.4, -0.2) is 46.5 Å². The Kier molecular flexibility index (Phi) is 6.78. The Labute approximate surface area is 203 Å². The maximum Gasteiger partial charge on any atom is 0.237 e. The molecule has 9 heteroatoms. The number of hydrogen-bond donors (Lipinski definition) is 3. The van der Waals surface area contributed by atoms with Gasteiger partial charge in [0.25, 0.3) is 0 Å². The van der Waals surface area contributed by atoms with Crippen LogP contribution in [0.4, 0.5) is 23.1 Å². The monoisotopic (exact) mass is 478 g/mol. The van der Waals surface area contributed by atoms with Crippen molar-refractivity contribution in [1.82, 2.24) is 20.2 Å². The SMILES string of the molecule is O=C1NCCCOc2ccc(cc2Cl)Nc2ccnc(n2)Nc2ccc(cc2)CN2CCCC12. The first-order valence-corrected chi connectivity index (χ1v) is 11.9. The number of nitrogens with one attached hydrogen (secondary N) is 3. The van der Waals surface area contributed by atoms with Gasteiger partial charge >= 0.3 is 0 Å². The molecule has 176 valence electrons. The molecule has 3 N–H and O–H groups in total. The lowest BCUT2D eigenvalue weighted by Crippen LogP contribution is -2.43. The number of anilines is 4. The van der Waals surface area contributed by atoms with E-state index in [4.69, 9.17) is 16.3 Å². The minimum Gasteiger partial charge on any atom is -0.492 e. The van der Waals surface area contributed by atoms with Crippen LogP contribution in [0.2, 0.25) is 5.02 Å². The summed E-state index contributed by atoms with van der Waals surface area (Å²) in [5.41, 5.74) is 2.85. The second kappa shape index (κ2) is 10.3. The molecule has 5 aliphatic heterocycles.